The lowest BCUT2D eigenvalue weighted by Crippen LogP contribution is -2.03. The van der Waals surface area contributed by atoms with Crippen molar-refractivity contribution < 1.29 is 5.11 Å². The van der Waals surface area contributed by atoms with Crippen LogP contribution in [0.25, 0.3) is 0 Å². The van der Waals surface area contributed by atoms with Crippen LogP contribution in [-0.2, 0) is 13.5 Å². The van der Waals surface area contributed by atoms with Crippen molar-refractivity contribution in [3.05, 3.63) is 51.8 Å². The van der Waals surface area contributed by atoms with Gasteiger partial charge < -0.3 is 5.11 Å². The molecule has 0 fully saturated rings. The highest BCUT2D eigenvalue weighted by molar-refractivity contribution is 6.31. The van der Waals surface area contributed by atoms with Gasteiger partial charge in [0.25, 0.3) is 0 Å². The SMILES string of the molecule is Cc1ccc(CC(O)c2cn(C)nc2C)c(Cl)c1. The zero-order chi connectivity index (χ0) is 13.3. The molecule has 1 aromatic carbocycles. The molecule has 0 aliphatic rings. The first-order chi connectivity index (χ1) is 8.47. The Bertz CT molecular complexity index is 563. The average molecular weight is 265 g/mol. The van der Waals surface area contributed by atoms with E-state index < -0.39 is 6.10 Å². The summed E-state index contributed by atoms with van der Waals surface area (Å²) in [6.07, 6.45) is 1.78. The number of rotatable bonds is 3. The molecule has 1 unspecified atom stereocenters. The molecule has 2 rings (SSSR count). The molecule has 0 saturated carbocycles. The zero-order valence-electron chi connectivity index (χ0n) is 10.8. The monoisotopic (exact) mass is 264 g/mol. The van der Waals surface area contributed by atoms with Gasteiger partial charge in [-0.3, -0.25) is 4.68 Å². The van der Waals surface area contributed by atoms with Crippen LogP contribution in [0.4, 0.5) is 0 Å². The van der Waals surface area contributed by atoms with Gasteiger partial charge in [-0.15, -0.1) is 0 Å². The van der Waals surface area contributed by atoms with E-state index in [9.17, 15) is 5.11 Å². The molecule has 96 valence electrons. The third-order valence-corrected chi connectivity index (χ3v) is 3.38. The molecule has 3 nitrogen and oxygen atoms in total. The van der Waals surface area contributed by atoms with Crippen LogP contribution < -0.4 is 0 Å². The van der Waals surface area contributed by atoms with E-state index in [1.54, 1.807) is 4.68 Å². The van der Waals surface area contributed by atoms with E-state index in [1.165, 1.54) is 0 Å². The summed E-state index contributed by atoms with van der Waals surface area (Å²) in [6.45, 7) is 3.90. The summed E-state index contributed by atoms with van der Waals surface area (Å²) >= 11 is 6.17. The van der Waals surface area contributed by atoms with E-state index in [1.807, 2.05) is 45.3 Å². The topological polar surface area (TPSA) is 38.0 Å². The molecular formula is C14H17ClN2O. The van der Waals surface area contributed by atoms with E-state index in [-0.39, 0.29) is 0 Å². The van der Waals surface area contributed by atoms with Crippen LogP contribution in [0.1, 0.15) is 28.5 Å². The first kappa shape index (κ1) is 13.1. The number of benzene rings is 1. The highest BCUT2D eigenvalue weighted by Gasteiger charge is 2.15. The Morgan fingerprint density at radius 3 is 2.67 bits per heavy atom. The molecule has 0 spiro atoms. The van der Waals surface area contributed by atoms with Crippen molar-refractivity contribution in [2.75, 3.05) is 0 Å². The minimum atomic E-state index is -0.570. The number of halogens is 1. The van der Waals surface area contributed by atoms with Crippen LogP contribution in [0.15, 0.2) is 24.4 Å². The third kappa shape index (κ3) is 2.74. The van der Waals surface area contributed by atoms with Crippen LogP contribution in [0.5, 0.6) is 0 Å². The molecule has 0 aliphatic heterocycles. The zero-order valence-corrected chi connectivity index (χ0v) is 11.6. The lowest BCUT2D eigenvalue weighted by molar-refractivity contribution is 0.177. The molecule has 1 N–H and O–H groups in total. The fourth-order valence-electron chi connectivity index (χ4n) is 2.08. The molecule has 0 bridgehead atoms. The Kier molecular flexibility index (Phi) is 3.73. The van der Waals surface area contributed by atoms with E-state index in [2.05, 4.69) is 5.10 Å². The fourth-order valence-corrected chi connectivity index (χ4v) is 2.39. The Morgan fingerprint density at radius 1 is 1.39 bits per heavy atom. The molecular weight excluding hydrogens is 248 g/mol. The number of aliphatic hydroxyl groups is 1. The lowest BCUT2D eigenvalue weighted by atomic mass is 10.0. The smallest absolute Gasteiger partial charge is 0.0864 e. The minimum Gasteiger partial charge on any atom is -0.388 e. The normalized spacial score (nSPS) is 12.7. The third-order valence-electron chi connectivity index (χ3n) is 3.03. The molecule has 0 radical (unpaired) electrons. The quantitative estimate of drug-likeness (QED) is 0.926. The highest BCUT2D eigenvalue weighted by atomic mass is 35.5. The van der Waals surface area contributed by atoms with Crippen molar-refractivity contribution in [1.82, 2.24) is 9.78 Å². The van der Waals surface area contributed by atoms with Crippen molar-refractivity contribution in [3.8, 4) is 0 Å². The second-order valence-corrected chi connectivity index (χ2v) is 5.07. The standard InChI is InChI=1S/C14H17ClN2O/c1-9-4-5-11(13(15)6-9)7-14(18)12-8-17(3)16-10(12)2/h4-6,8,14,18H,7H2,1-3H3. The first-order valence-corrected chi connectivity index (χ1v) is 6.28. The number of aromatic nitrogens is 2. The fraction of sp³-hybridized carbons (Fsp3) is 0.357. The minimum absolute atomic E-state index is 0.506. The van der Waals surface area contributed by atoms with Crippen LogP contribution in [0, 0.1) is 13.8 Å². The molecule has 0 amide bonds. The second-order valence-electron chi connectivity index (χ2n) is 4.66. The van der Waals surface area contributed by atoms with E-state index in [4.69, 9.17) is 11.6 Å². The molecule has 0 saturated heterocycles. The van der Waals surface area contributed by atoms with Crippen molar-refractivity contribution in [2.24, 2.45) is 7.05 Å². The maximum atomic E-state index is 10.2. The first-order valence-electron chi connectivity index (χ1n) is 5.90. The van der Waals surface area contributed by atoms with Crippen LogP contribution in [0.3, 0.4) is 0 Å². The molecule has 1 heterocycles. The van der Waals surface area contributed by atoms with Gasteiger partial charge in [0.1, 0.15) is 0 Å². The van der Waals surface area contributed by atoms with Gasteiger partial charge >= 0.3 is 0 Å². The van der Waals surface area contributed by atoms with Crippen LogP contribution >= 0.6 is 11.6 Å². The van der Waals surface area contributed by atoms with Crippen molar-refractivity contribution in [1.29, 1.82) is 0 Å². The van der Waals surface area contributed by atoms with E-state index >= 15 is 0 Å². The molecule has 1 atom stereocenters. The van der Waals surface area contributed by atoms with Gasteiger partial charge in [-0.25, -0.2) is 0 Å². The number of nitrogens with zero attached hydrogens (tertiary/aromatic N) is 2. The Hall–Kier alpha value is -1.32. The van der Waals surface area contributed by atoms with Crippen molar-refractivity contribution >= 4 is 11.6 Å². The van der Waals surface area contributed by atoms with Crippen LogP contribution in [-0.4, -0.2) is 14.9 Å². The van der Waals surface area contributed by atoms with Crippen molar-refractivity contribution in [3.63, 3.8) is 0 Å². The summed E-state index contributed by atoms with van der Waals surface area (Å²) in [5.74, 6) is 0. The Labute approximate surface area is 112 Å². The maximum Gasteiger partial charge on any atom is 0.0864 e. The predicted molar refractivity (Wildman–Crippen MR) is 72.8 cm³/mol. The second kappa shape index (κ2) is 5.12. The highest BCUT2D eigenvalue weighted by Crippen LogP contribution is 2.25. The van der Waals surface area contributed by atoms with Gasteiger partial charge in [-0.05, 0) is 31.0 Å². The molecule has 18 heavy (non-hydrogen) atoms. The summed E-state index contributed by atoms with van der Waals surface area (Å²) in [5, 5.41) is 15.2. The molecule has 0 aliphatic carbocycles. The molecule has 2 aromatic rings. The lowest BCUT2D eigenvalue weighted by Gasteiger charge is -2.11. The van der Waals surface area contributed by atoms with E-state index in [0.717, 1.165) is 22.4 Å². The summed E-state index contributed by atoms with van der Waals surface area (Å²) in [7, 11) is 1.85. The van der Waals surface area contributed by atoms with Crippen LogP contribution in [0.2, 0.25) is 5.02 Å². The van der Waals surface area contributed by atoms with Gasteiger partial charge in [0.05, 0.1) is 11.8 Å². The predicted octanol–water partition coefficient (Wildman–Crippen LogP) is 2.97. The summed E-state index contributed by atoms with van der Waals surface area (Å²) in [6, 6.07) is 5.89. The van der Waals surface area contributed by atoms with Crippen molar-refractivity contribution in [2.45, 2.75) is 26.4 Å². The maximum absolute atomic E-state index is 10.2. The number of hydrogen-bond donors (Lipinski definition) is 1. The van der Waals surface area contributed by atoms with Gasteiger partial charge in [0.15, 0.2) is 0 Å². The molecule has 1 aromatic heterocycles. The molecule has 4 heteroatoms. The van der Waals surface area contributed by atoms with Gasteiger partial charge in [-0.2, -0.15) is 5.10 Å². The Balaban J connectivity index is 2.21. The van der Waals surface area contributed by atoms with Gasteiger partial charge in [0, 0.05) is 30.3 Å². The number of hydrogen-bond acceptors (Lipinski definition) is 2. The van der Waals surface area contributed by atoms with Gasteiger partial charge in [-0.1, -0.05) is 23.7 Å². The average Bonchev–Trinajstić information content (AvgIpc) is 2.62. The van der Waals surface area contributed by atoms with E-state index in [0.29, 0.717) is 11.4 Å². The Morgan fingerprint density at radius 2 is 2.11 bits per heavy atom. The largest absolute Gasteiger partial charge is 0.388 e. The van der Waals surface area contributed by atoms with Gasteiger partial charge in [0.2, 0.25) is 0 Å². The number of aryl methyl sites for hydroxylation is 3. The summed E-state index contributed by atoms with van der Waals surface area (Å²) < 4.78 is 1.71. The summed E-state index contributed by atoms with van der Waals surface area (Å²) in [5.41, 5.74) is 3.79. The number of aliphatic hydroxyl groups excluding tert-OH is 1. The summed E-state index contributed by atoms with van der Waals surface area (Å²) in [4.78, 5) is 0.